The number of aryl methyl sites for hydroxylation is 2. The zero-order chi connectivity index (χ0) is 14.3. The Morgan fingerprint density at radius 1 is 1.65 bits per heavy atom. The maximum absolute atomic E-state index is 12.5. The number of aliphatic hydroxyl groups excluding tert-OH is 1. The predicted octanol–water partition coefficient (Wildman–Crippen LogP) is 0.777. The van der Waals surface area contributed by atoms with Crippen LogP contribution in [0.2, 0.25) is 0 Å². The van der Waals surface area contributed by atoms with Crippen LogP contribution in [0.1, 0.15) is 15.4 Å². The molecule has 1 saturated heterocycles. The highest BCUT2D eigenvalue weighted by Gasteiger charge is 2.26. The predicted molar refractivity (Wildman–Crippen MR) is 76.1 cm³/mol. The number of hydrogen-bond donors (Lipinski definition) is 1. The highest BCUT2D eigenvalue weighted by atomic mass is 32.1. The molecule has 2 aromatic rings. The summed E-state index contributed by atoms with van der Waals surface area (Å²) >= 11 is 1.46. The van der Waals surface area contributed by atoms with Crippen molar-refractivity contribution in [2.75, 3.05) is 26.3 Å². The molecule has 1 aliphatic rings. The molecule has 3 heterocycles. The molecule has 7 heteroatoms. The minimum atomic E-state index is -0.273. The van der Waals surface area contributed by atoms with E-state index in [2.05, 4.69) is 5.10 Å². The molecule has 108 valence electrons. The van der Waals surface area contributed by atoms with Crippen molar-refractivity contribution in [1.82, 2.24) is 14.7 Å². The van der Waals surface area contributed by atoms with Gasteiger partial charge in [-0.1, -0.05) is 0 Å². The minimum Gasteiger partial charge on any atom is -0.394 e. The third-order valence-electron chi connectivity index (χ3n) is 3.54. The molecule has 1 aliphatic heterocycles. The van der Waals surface area contributed by atoms with Crippen molar-refractivity contribution < 1.29 is 14.6 Å². The molecular weight excluding hydrogens is 278 g/mol. The van der Waals surface area contributed by atoms with Gasteiger partial charge in [0.2, 0.25) is 0 Å². The Kier molecular flexibility index (Phi) is 3.49. The number of aromatic nitrogens is 2. The molecule has 2 aromatic heterocycles. The summed E-state index contributed by atoms with van der Waals surface area (Å²) in [4.78, 5) is 16.0. The number of nitrogens with zero attached hydrogens (tertiary/aromatic N) is 3. The molecule has 0 spiro atoms. The molecule has 1 atom stereocenters. The van der Waals surface area contributed by atoms with Gasteiger partial charge in [0.05, 0.1) is 29.9 Å². The lowest BCUT2D eigenvalue weighted by Gasteiger charge is -2.31. The number of hydrogen-bond acceptors (Lipinski definition) is 5. The molecule has 6 nitrogen and oxygen atoms in total. The van der Waals surface area contributed by atoms with Crippen molar-refractivity contribution in [3.63, 3.8) is 0 Å². The largest absolute Gasteiger partial charge is 0.394 e. The summed E-state index contributed by atoms with van der Waals surface area (Å²) in [5, 5.41) is 14.5. The van der Waals surface area contributed by atoms with Crippen molar-refractivity contribution >= 4 is 27.5 Å². The first-order chi connectivity index (χ1) is 9.60. The first-order valence-electron chi connectivity index (χ1n) is 6.55. The van der Waals surface area contributed by atoms with E-state index in [1.54, 1.807) is 4.90 Å². The van der Waals surface area contributed by atoms with Gasteiger partial charge in [0.25, 0.3) is 5.91 Å². The second kappa shape index (κ2) is 5.16. The van der Waals surface area contributed by atoms with Gasteiger partial charge in [-0.15, -0.1) is 11.3 Å². The number of carbonyl (C=O) groups is 1. The summed E-state index contributed by atoms with van der Waals surface area (Å²) < 4.78 is 7.18. The standard InChI is InChI=1S/C13H17N3O3S/c1-8-10-5-11(20-13(10)15(2)14-8)12(18)16-3-4-19-9(6-16)7-17/h5,9,17H,3-4,6-7H2,1-2H3. The van der Waals surface area contributed by atoms with E-state index in [0.717, 1.165) is 20.8 Å². The lowest BCUT2D eigenvalue weighted by molar-refractivity contribution is -0.0446. The molecular formula is C13H17N3O3S. The van der Waals surface area contributed by atoms with E-state index in [0.29, 0.717) is 19.7 Å². The Labute approximate surface area is 120 Å². The van der Waals surface area contributed by atoms with Crippen LogP contribution in [0.4, 0.5) is 0 Å². The molecule has 0 aromatic carbocycles. The number of rotatable bonds is 2. The van der Waals surface area contributed by atoms with E-state index < -0.39 is 0 Å². The van der Waals surface area contributed by atoms with Crippen molar-refractivity contribution in [3.8, 4) is 0 Å². The molecule has 0 aliphatic carbocycles. The lowest BCUT2D eigenvalue weighted by atomic mass is 10.2. The van der Waals surface area contributed by atoms with Crippen molar-refractivity contribution in [2.24, 2.45) is 7.05 Å². The van der Waals surface area contributed by atoms with Gasteiger partial charge in [-0.3, -0.25) is 9.48 Å². The quantitative estimate of drug-likeness (QED) is 0.889. The average molecular weight is 295 g/mol. The van der Waals surface area contributed by atoms with Crippen LogP contribution in [0.15, 0.2) is 6.07 Å². The van der Waals surface area contributed by atoms with Crippen LogP contribution in [-0.2, 0) is 11.8 Å². The van der Waals surface area contributed by atoms with Crippen molar-refractivity contribution in [2.45, 2.75) is 13.0 Å². The molecule has 0 radical (unpaired) electrons. The fraction of sp³-hybridized carbons (Fsp3) is 0.538. The third-order valence-corrected chi connectivity index (χ3v) is 4.73. The van der Waals surface area contributed by atoms with Crippen LogP contribution in [-0.4, -0.2) is 58.1 Å². The molecule has 3 rings (SSSR count). The molecule has 1 amide bonds. The van der Waals surface area contributed by atoms with Crippen molar-refractivity contribution in [3.05, 3.63) is 16.6 Å². The van der Waals surface area contributed by atoms with Crippen LogP contribution in [0, 0.1) is 6.92 Å². The summed E-state index contributed by atoms with van der Waals surface area (Å²) in [5.41, 5.74) is 0.938. The van der Waals surface area contributed by atoms with Gasteiger partial charge in [-0.2, -0.15) is 5.10 Å². The van der Waals surface area contributed by atoms with Gasteiger partial charge in [0, 0.05) is 25.5 Å². The van der Waals surface area contributed by atoms with E-state index in [-0.39, 0.29) is 18.6 Å². The number of aliphatic hydroxyl groups is 1. The Balaban J connectivity index is 1.86. The van der Waals surface area contributed by atoms with E-state index in [1.807, 2.05) is 24.7 Å². The fourth-order valence-corrected chi connectivity index (χ4v) is 3.57. The molecule has 20 heavy (non-hydrogen) atoms. The maximum Gasteiger partial charge on any atom is 0.264 e. The lowest BCUT2D eigenvalue weighted by Crippen LogP contribution is -2.46. The van der Waals surface area contributed by atoms with Crippen LogP contribution >= 0.6 is 11.3 Å². The number of ether oxygens (including phenoxy) is 1. The number of carbonyl (C=O) groups excluding carboxylic acids is 1. The summed E-state index contributed by atoms with van der Waals surface area (Å²) in [6.07, 6.45) is -0.273. The van der Waals surface area contributed by atoms with Gasteiger partial charge in [-0.05, 0) is 13.0 Å². The molecule has 1 fully saturated rings. The van der Waals surface area contributed by atoms with Crippen molar-refractivity contribution in [1.29, 1.82) is 0 Å². The van der Waals surface area contributed by atoms with Gasteiger partial charge < -0.3 is 14.7 Å². The second-order valence-electron chi connectivity index (χ2n) is 4.97. The van der Waals surface area contributed by atoms with Gasteiger partial charge in [0.1, 0.15) is 4.83 Å². The molecule has 1 unspecified atom stereocenters. The number of thiophene rings is 1. The van der Waals surface area contributed by atoms with Crippen LogP contribution in [0.5, 0.6) is 0 Å². The van der Waals surface area contributed by atoms with Gasteiger partial charge >= 0.3 is 0 Å². The Morgan fingerprint density at radius 3 is 3.15 bits per heavy atom. The monoisotopic (exact) mass is 295 g/mol. The smallest absolute Gasteiger partial charge is 0.264 e. The van der Waals surface area contributed by atoms with Gasteiger partial charge in [0.15, 0.2) is 0 Å². The maximum atomic E-state index is 12.5. The van der Waals surface area contributed by atoms with E-state index >= 15 is 0 Å². The summed E-state index contributed by atoms with van der Waals surface area (Å²) in [6.45, 7) is 3.38. The molecule has 1 N–H and O–H groups in total. The fourth-order valence-electron chi connectivity index (χ4n) is 2.48. The Morgan fingerprint density at radius 2 is 2.45 bits per heavy atom. The number of fused-ring (bicyclic) bond motifs is 1. The summed E-state index contributed by atoms with van der Waals surface area (Å²) in [5.74, 6) is 0.00681. The Bertz CT molecular complexity index is 614. The first-order valence-corrected chi connectivity index (χ1v) is 7.36. The average Bonchev–Trinajstić information content (AvgIpc) is 3.01. The number of amides is 1. The first kappa shape index (κ1) is 13.5. The molecule has 0 saturated carbocycles. The topological polar surface area (TPSA) is 67.6 Å². The summed E-state index contributed by atoms with van der Waals surface area (Å²) in [7, 11) is 1.89. The number of morpholine rings is 1. The van der Waals surface area contributed by atoms with E-state index in [9.17, 15) is 4.79 Å². The van der Waals surface area contributed by atoms with E-state index in [4.69, 9.17) is 9.84 Å². The highest BCUT2D eigenvalue weighted by molar-refractivity contribution is 7.20. The van der Waals surface area contributed by atoms with Crippen LogP contribution in [0.25, 0.3) is 10.2 Å². The second-order valence-corrected chi connectivity index (χ2v) is 6.00. The zero-order valence-electron chi connectivity index (χ0n) is 11.5. The normalized spacial score (nSPS) is 19.8. The van der Waals surface area contributed by atoms with Crippen LogP contribution < -0.4 is 0 Å². The van der Waals surface area contributed by atoms with Crippen LogP contribution in [0.3, 0.4) is 0 Å². The Hall–Kier alpha value is -1.44. The zero-order valence-corrected chi connectivity index (χ0v) is 12.3. The highest BCUT2D eigenvalue weighted by Crippen LogP contribution is 2.28. The SMILES string of the molecule is Cc1nn(C)c2sc(C(=O)N3CCOC(CO)C3)cc12. The summed E-state index contributed by atoms with van der Waals surface area (Å²) in [6, 6.07) is 1.91. The molecule has 0 bridgehead atoms. The third kappa shape index (κ3) is 2.21. The minimum absolute atomic E-state index is 0.00681. The van der Waals surface area contributed by atoms with E-state index in [1.165, 1.54) is 11.3 Å². The van der Waals surface area contributed by atoms with Gasteiger partial charge in [-0.25, -0.2) is 0 Å².